The van der Waals surface area contributed by atoms with E-state index in [9.17, 15) is 4.79 Å². The molecule has 0 aromatic heterocycles. The Labute approximate surface area is 121 Å². The first kappa shape index (κ1) is 18.4. The van der Waals surface area contributed by atoms with E-state index in [0.717, 1.165) is 12.0 Å². The van der Waals surface area contributed by atoms with Crippen LogP contribution in [-0.2, 0) is 11.3 Å². The minimum absolute atomic E-state index is 0.0314. The van der Waals surface area contributed by atoms with Gasteiger partial charge in [-0.05, 0) is 29.5 Å². The molecular weight excluding hydrogens is 256 g/mol. The van der Waals surface area contributed by atoms with Gasteiger partial charge in [0.25, 0.3) is 0 Å². The van der Waals surface area contributed by atoms with E-state index in [1.165, 1.54) is 0 Å². The van der Waals surface area contributed by atoms with Crippen LogP contribution in [0, 0.1) is 5.41 Å². The molecular formula is C16H26O4. The van der Waals surface area contributed by atoms with Gasteiger partial charge in [0.05, 0.1) is 13.2 Å². The molecule has 0 unspecified atom stereocenters. The zero-order valence-corrected chi connectivity index (χ0v) is 13.1. The van der Waals surface area contributed by atoms with Crippen LogP contribution in [0.1, 0.15) is 46.6 Å². The van der Waals surface area contributed by atoms with Gasteiger partial charge in [-0.25, -0.2) is 4.79 Å². The largest absolute Gasteiger partial charge is 0.513 e. The molecule has 0 aliphatic carbocycles. The lowest BCUT2D eigenvalue weighted by Crippen LogP contribution is -2.15. The Morgan fingerprint density at radius 3 is 2.15 bits per heavy atom. The van der Waals surface area contributed by atoms with Crippen molar-refractivity contribution in [1.82, 2.24) is 0 Å². The van der Waals surface area contributed by atoms with E-state index < -0.39 is 6.16 Å². The Bertz CT molecular complexity index is 376. The second-order valence-corrected chi connectivity index (χ2v) is 5.31. The molecule has 0 fully saturated rings. The van der Waals surface area contributed by atoms with Gasteiger partial charge in [0, 0.05) is 0 Å². The number of carbonyl (C=O) groups excluding carboxylic acids is 1. The molecule has 0 aliphatic heterocycles. The maximum absolute atomic E-state index is 11.4. The van der Waals surface area contributed by atoms with Crippen LogP contribution in [-0.4, -0.2) is 17.9 Å². The van der Waals surface area contributed by atoms with Gasteiger partial charge in [-0.2, -0.15) is 0 Å². The monoisotopic (exact) mass is 282 g/mol. The molecule has 114 valence electrons. The molecule has 0 heterocycles. The third-order valence-corrected chi connectivity index (χ3v) is 2.38. The molecule has 0 radical (unpaired) electrons. The summed E-state index contributed by atoms with van der Waals surface area (Å²) in [6.07, 6.45) is 0.0851. The smallest absolute Gasteiger partial charge is 0.434 e. The summed E-state index contributed by atoms with van der Waals surface area (Å²) in [6.45, 7) is 10.5. The van der Waals surface area contributed by atoms with Crippen LogP contribution in [0.4, 0.5) is 4.79 Å². The Hall–Kier alpha value is -1.55. The molecule has 0 bridgehead atoms. The molecule has 4 nitrogen and oxygen atoms in total. The Balaban J connectivity index is 0.00000172. The summed E-state index contributed by atoms with van der Waals surface area (Å²) in [5.74, 6) is 0.410. The molecule has 1 aromatic rings. The summed E-state index contributed by atoms with van der Waals surface area (Å²) < 4.78 is 9.95. The first-order valence-electron chi connectivity index (χ1n) is 6.95. The van der Waals surface area contributed by atoms with Gasteiger partial charge in [0.2, 0.25) is 0 Å². The van der Waals surface area contributed by atoms with E-state index in [2.05, 4.69) is 20.8 Å². The summed E-state index contributed by atoms with van der Waals surface area (Å²) >= 11 is 0. The number of aliphatic hydroxyl groups is 1. The molecule has 0 saturated carbocycles. The van der Waals surface area contributed by atoms with Crippen LogP contribution in [0.2, 0.25) is 0 Å². The predicted molar refractivity (Wildman–Crippen MR) is 79.8 cm³/mol. The number of hydrogen-bond donors (Lipinski definition) is 1. The highest BCUT2D eigenvalue weighted by atomic mass is 16.7. The fraction of sp³-hybridized carbons (Fsp3) is 0.562. The van der Waals surface area contributed by atoms with Crippen LogP contribution in [0.5, 0.6) is 5.75 Å². The molecule has 0 amide bonds. The van der Waals surface area contributed by atoms with Crippen LogP contribution in [0.25, 0.3) is 0 Å². The summed E-state index contributed by atoms with van der Waals surface area (Å²) in [7, 11) is 0. The average Bonchev–Trinajstić information content (AvgIpc) is 2.40. The highest BCUT2D eigenvalue weighted by molar-refractivity contribution is 5.63. The maximum atomic E-state index is 11.4. The van der Waals surface area contributed by atoms with E-state index in [1.54, 1.807) is 24.3 Å². The van der Waals surface area contributed by atoms with Crippen molar-refractivity contribution in [1.29, 1.82) is 0 Å². The van der Waals surface area contributed by atoms with E-state index in [4.69, 9.17) is 14.6 Å². The molecule has 0 atom stereocenters. The molecule has 4 heteroatoms. The predicted octanol–water partition coefficient (Wildman–Crippen LogP) is 4.16. The van der Waals surface area contributed by atoms with Crippen molar-refractivity contribution in [3.05, 3.63) is 29.8 Å². The van der Waals surface area contributed by atoms with Gasteiger partial charge in [0.15, 0.2) is 0 Å². The van der Waals surface area contributed by atoms with E-state index >= 15 is 0 Å². The van der Waals surface area contributed by atoms with E-state index in [-0.39, 0.29) is 12.0 Å². The first-order valence-corrected chi connectivity index (χ1v) is 6.95. The third kappa shape index (κ3) is 8.53. The number of carbonyl (C=O) groups is 1. The summed E-state index contributed by atoms with van der Waals surface area (Å²) in [4.78, 5) is 11.4. The van der Waals surface area contributed by atoms with Crippen molar-refractivity contribution in [3.63, 3.8) is 0 Å². The minimum Gasteiger partial charge on any atom is -0.434 e. The maximum Gasteiger partial charge on any atom is 0.513 e. The fourth-order valence-electron chi connectivity index (χ4n) is 1.23. The van der Waals surface area contributed by atoms with Gasteiger partial charge < -0.3 is 14.6 Å². The topological polar surface area (TPSA) is 55.8 Å². The van der Waals surface area contributed by atoms with Crippen molar-refractivity contribution >= 4 is 6.16 Å². The van der Waals surface area contributed by atoms with Crippen LogP contribution in [0.3, 0.4) is 0 Å². The van der Waals surface area contributed by atoms with Crippen molar-refractivity contribution < 1.29 is 19.4 Å². The van der Waals surface area contributed by atoms with Crippen molar-refractivity contribution in [3.8, 4) is 5.75 Å². The third-order valence-electron chi connectivity index (χ3n) is 2.38. The number of benzene rings is 1. The van der Waals surface area contributed by atoms with Crippen molar-refractivity contribution in [2.75, 3.05) is 6.61 Å². The molecule has 20 heavy (non-hydrogen) atoms. The van der Waals surface area contributed by atoms with Crippen molar-refractivity contribution in [2.24, 2.45) is 5.41 Å². The molecule has 1 N–H and O–H groups in total. The second-order valence-electron chi connectivity index (χ2n) is 5.31. The van der Waals surface area contributed by atoms with Gasteiger partial charge in [-0.1, -0.05) is 46.8 Å². The highest BCUT2D eigenvalue weighted by Gasteiger charge is 2.12. The highest BCUT2D eigenvalue weighted by Crippen LogP contribution is 2.18. The Morgan fingerprint density at radius 2 is 1.70 bits per heavy atom. The van der Waals surface area contributed by atoms with Gasteiger partial charge in [-0.15, -0.1) is 0 Å². The van der Waals surface area contributed by atoms with E-state index in [1.807, 2.05) is 13.8 Å². The number of aliphatic hydroxyl groups excluding tert-OH is 1. The molecule has 0 spiro atoms. The second kappa shape index (κ2) is 9.37. The SMILES string of the molecule is CC.CC(C)(C)CCOC(=O)Oc1ccc(CO)cc1. The van der Waals surface area contributed by atoms with Gasteiger partial charge in [0.1, 0.15) is 5.75 Å². The van der Waals surface area contributed by atoms with Gasteiger partial charge >= 0.3 is 6.16 Å². The average molecular weight is 282 g/mol. The molecule has 0 saturated heterocycles. The quantitative estimate of drug-likeness (QED) is 0.665. The minimum atomic E-state index is -0.698. The normalized spacial score (nSPS) is 10.3. The zero-order chi connectivity index (χ0) is 15.6. The van der Waals surface area contributed by atoms with E-state index in [0.29, 0.717) is 12.4 Å². The van der Waals surface area contributed by atoms with Crippen LogP contribution in [0.15, 0.2) is 24.3 Å². The summed E-state index contributed by atoms with van der Waals surface area (Å²) in [5.41, 5.74) is 0.895. The number of rotatable bonds is 4. The van der Waals surface area contributed by atoms with Crippen LogP contribution < -0.4 is 4.74 Å². The lowest BCUT2D eigenvalue weighted by atomic mass is 9.93. The fourth-order valence-corrected chi connectivity index (χ4v) is 1.23. The van der Waals surface area contributed by atoms with Crippen molar-refractivity contribution in [2.45, 2.75) is 47.6 Å². The van der Waals surface area contributed by atoms with Gasteiger partial charge in [-0.3, -0.25) is 0 Å². The summed E-state index contributed by atoms with van der Waals surface area (Å²) in [5, 5.41) is 8.87. The summed E-state index contributed by atoms with van der Waals surface area (Å²) in [6, 6.07) is 6.63. The van der Waals surface area contributed by atoms with Crippen LogP contribution >= 0.6 is 0 Å². The molecule has 1 rings (SSSR count). The zero-order valence-electron chi connectivity index (χ0n) is 13.1. The lowest BCUT2D eigenvalue weighted by molar-refractivity contribution is 0.0887. The lowest BCUT2D eigenvalue weighted by Gasteiger charge is -2.17. The Morgan fingerprint density at radius 1 is 1.15 bits per heavy atom. The standard InChI is InChI=1S/C14H20O4.C2H6/c1-14(2,3)8-9-17-13(16)18-12-6-4-11(10-15)5-7-12;1-2/h4-7,15H,8-10H2,1-3H3;1-2H3. The molecule has 1 aromatic carbocycles. The molecule has 0 aliphatic rings. The number of hydrogen-bond acceptors (Lipinski definition) is 4. The Kier molecular flexibility index (Phi) is 8.64. The first-order chi connectivity index (χ1) is 9.40. The number of ether oxygens (including phenoxy) is 2.